The maximum absolute atomic E-state index is 8.94. The minimum Gasteiger partial charge on any atom is -0.394 e. The predicted octanol–water partition coefficient (Wildman–Crippen LogP) is 2.56. The lowest BCUT2D eigenvalue weighted by atomic mass is 10.2. The van der Waals surface area contributed by atoms with Gasteiger partial charge >= 0.3 is 0 Å². The first-order chi connectivity index (χ1) is 7.70. The summed E-state index contributed by atoms with van der Waals surface area (Å²) in [6.07, 6.45) is 0. The molecule has 3 N–H and O–H groups in total. The van der Waals surface area contributed by atoms with Gasteiger partial charge in [-0.3, -0.25) is 0 Å². The summed E-state index contributed by atoms with van der Waals surface area (Å²) in [6.45, 7) is -0.0817. The highest BCUT2D eigenvalue weighted by molar-refractivity contribution is 9.10. The molecule has 0 saturated heterocycles. The molecule has 2 rings (SSSR count). The van der Waals surface area contributed by atoms with Gasteiger partial charge in [-0.05, 0) is 12.1 Å². The van der Waals surface area contributed by atoms with Crippen LogP contribution in [0.2, 0.25) is 0 Å². The first-order valence-electron chi connectivity index (χ1n) is 4.78. The standard InChI is InChI=1S/C11H11BrN2OS/c12-8-3-1-2-7(4-8)11-14-10(6-16-11)9(13)5-15/h1-4,6,9,15H,5,13H2. The van der Waals surface area contributed by atoms with Crippen molar-refractivity contribution in [2.24, 2.45) is 5.73 Å². The highest BCUT2D eigenvalue weighted by Gasteiger charge is 2.10. The van der Waals surface area contributed by atoms with E-state index >= 15 is 0 Å². The number of aromatic nitrogens is 1. The summed E-state index contributed by atoms with van der Waals surface area (Å²) in [5.41, 5.74) is 7.49. The number of aliphatic hydroxyl groups is 1. The summed E-state index contributed by atoms with van der Waals surface area (Å²) in [5.74, 6) is 0. The second-order valence-corrected chi connectivity index (χ2v) is 5.15. The Kier molecular flexibility index (Phi) is 3.70. The van der Waals surface area contributed by atoms with Crippen molar-refractivity contribution in [2.75, 3.05) is 6.61 Å². The van der Waals surface area contributed by atoms with Gasteiger partial charge in [0, 0.05) is 15.4 Å². The molecule has 16 heavy (non-hydrogen) atoms. The quantitative estimate of drug-likeness (QED) is 0.915. The number of thiazole rings is 1. The highest BCUT2D eigenvalue weighted by Crippen LogP contribution is 2.27. The molecule has 0 aliphatic heterocycles. The van der Waals surface area contributed by atoms with E-state index in [9.17, 15) is 0 Å². The second kappa shape index (κ2) is 5.05. The van der Waals surface area contributed by atoms with Crippen molar-refractivity contribution in [3.8, 4) is 10.6 Å². The number of hydrogen-bond acceptors (Lipinski definition) is 4. The molecule has 1 atom stereocenters. The fourth-order valence-electron chi connectivity index (χ4n) is 1.30. The Morgan fingerprint density at radius 1 is 1.50 bits per heavy atom. The summed E-state index contributed by atoms with van der Waals surface area (Å²) >= 11 is 4.95. The Morgan fingerprint density at radius 2 is 2.31 bits per heavy atom. The van der Waals surface area contributed by atoms with E-state index in [1.807, 2.05) is 29.6 Å². The number of rotatable bonds is 3. The van der Waals surface area contributed by atoms with Crippen LogP contribution in [0.5, 0.6) is 0 Å². The molecule has 2 aromatic rings. The topological polar surface area (TPSA) is 59.1 Å². The average Bonchev–Trinajstić information content (AvgIpc) is 2.77. The molecule has 1 aromatic carbocycles. The molecular formula is C11H11BrN2OS. The number of halogens is 1. The second-order valence-electron chi connectivity index (χ2n) is 3.38. The van der Waals surface area contributed by atoms with Gasteiger partial charge in [0.2, 0.25) is 0 Å². The monoisotopic (exact) mass is 298 g/mol. The summed E-state index contributed by atoms with van der Waals surface area (Å²) in [5, 5.41) is 11.7. The normalized spacial score (nSPS) is 12.7. The first-order valence-corrected chi connectivity index (χ1v) is 6.46. The van der Waals surface area contributed by atoms with Crippen LogP contribution in [-0.4, -0.2) is 16.7 Å². The van der Waals surface area contributed by atoms with Gasteiger partial charge in [0.05, 0.1) is 18.3 Å². The molecule has 0 fully saturated rings. The van der Waals surface area contributed by atoms with Crippen molar-refractivity contribution < 1.29 is 5.11 Å². The molecule has 5 heteroatoms. The Bertz CT molecular complexity index is 486. The van der Waals surface area contributed by atoms with E-state index in [-0.39, 0.29) is 6.61 Å². The fourth-order valence-corrected chi connectivity index (χ4v) is 2.58. The van der Waals surface area contributed by atoms with Gasteiger partial charge in [-0.15, -0.1) is 11.3 Å². The molecule has 84 valence electrons. The number of benzene rings is 1. The molecule has 0 saturated carbocycles. The molecule has 0 bridgehead atoms. The van der Waals surface area contributed by atoms with Crippen LogP contribution in [0, 0.1) is 0 Å². The molecule has 0 aliphatic carbocycles. The molecule has 0 radical (unpaired) electrons. The zero-order chi connectivity index (χ0) is 11.5. The van der Waals surface area contributed by atoms with Gasteiger partial charge in [-0.2, -0.15) is 0 Å². The van der Waals surface area contributed by atoms with Gasteiger partial charge in [0.1, 0.15) is 5.01 Å². The molecule has 0 spiro atoms. The largest absolute Gasteiger partial charge is 0.394 e. The summed E-state index contributed by atoms with van der Waals surface area (Å²) < 4.78 is 1.02. The molecule has 3 nitrogen and oxygen atoms in total. The number of aliphatic hydroxyl groups excluding tert-OH is 1. The van der Waals surface area contributed by atoms with Crippen molar-refractivity contribution in [1.82, 2.24) is 4.98 Å². The summed E-state index contributed by atoms with van der Waals surface area (Å²) in [4.78, 5) is 4.41. The van der Waals surface area contributed by atoms with Crippen LogP contribution in [0.1, 0.15) is 11.7 Å². The fraction of sp³-hybridized carbons (Fsp3) is 0.182. The lowest BCUT2D eigenvalue weighted by Crippen LogP contribution is -2.14. The van der Waals surface area contributed by atoms with Crippen LogP contribution in [0.15, 0.2) is 34.1 Å². The van der Waals surface area contributed by atoms with Crippen molar-refractivity contribution in [3.05, 3.63) is 39.8 Å². The van der Waals surface area contributed by atoms with E-state index in [1.165, 1.54) is 11.3 Å². The maximum Gasteiger partial charge on any atom is 0.123 e. The van der Waals surface area contributed by atoms with Gasteiger partial charge in [0.25, 0.3) is 0 Å². The van der Waals surface area contributed by atoms with E-state index in [1.54, 1.807) is 0 Å². The van der Waals surface area contributed by atoms with Crippen LogP contribution in [0.25, 0.3) is 10.6 Å². The zero-order valence-corrected chi connectivity index (χ0v) is 10.8. The lowest BCUT2D eigenvalue weighted by Gasteiger charge is -2.02. The van der Waals surface area contributed by atoms with Crippen LogP contribution in [0.3, 0.4) is 0 Å². The number of hydrogen-bond donors (Lipinski definition) is 2. The minimum atomic E-state index is -0.392. The van der Waals surface area contributed by atoms with Gasteiger partial charge in [0.15, 0.2) is 0 Å². The third-order valence-electron chi connectivity index (χ3n) is 2.17. The van der Waals surface area contributed by atoms with E-state index in [2.05, 4.69) is 20.9 Å². The number of nitrogens with zero attached hydrogens (tertiary/aromatic N) is 1. The SMILES string of the molecule is NC(CO)c1csc(-c2cccc(Br)c2)n1. The van der Waals surface area contributed by atoms with E-state index < -0.39 is 6.04 Å². The number of nitrogens with two attached hydrogens (primary N) is 1. The van der Waals surface area contributed by atoms with Crippen molar-refractivity contribution in [1.29, 1.82) is 0 Å². The summed E-state index contributed by atoms with van der Waals surface area (Å²) in [6, 6.07) is 7.55. The van der Waals surface area contributed by atoms with Gasteiger partial charge in [-0.1, -0.05) is 28.1 Å². The smallest absolute Gasteiger partial charge is 0.123 e. The molecule has 0 aliphatic rings. The molecule has 0 amide bonds. The Labute approximate surface area is 106 Å². The van der Waals surface area contributed by atoms with Crippen LogP contribution in [0.4, 0.5) is 0 Å². The highest BCUT2D eigenvalue weighted by atomic mass is 79.9. The Hall–Kier alpha value is -0.750. The van der Waals surface area contributed by atoms with Crippen molar-refractivity contribution in [3.63, 3.8) is 0 Å². The maximum atomic E-state index is 8.94. The third kappa shape index (κ3) is 2.49. The average molecular weight is 299 g/mol. The van der Waals surface area contributed by atoms with Crippen molar-refractivity contribution in [2.45, 2.75) is 6.04 Å². The minimum absolute atomic E-state index is 0.0817. The van der Waals surface area contributed by atoms with Crippen LogP contribution in [-0.2, 0) is 0 Å². The molecule has 1 aromatic heterocycles. The predicted molar refractivity (Wildman–Crippen MR) is 69.3 cm³/mol. The van der Waals surface area contributed by atoms with E-state index in [0.29, 0.717) is 0 Å². The van der Waals surface area contributed by atoms with E-state index in [4.69, 9.17) is 10.8 Å². The van der Waals surface area contributed by atoms with Gasteiger partial charge in [-0.25, -0.2) is 4.98 Å². The Morgan fingerprint density at radius 3 is 3.00 bits per heavy atom. The summed E-state index contributed by atoms with van der Waals surface area (Å²) in [7, 11) is 0. The van der Waals surface area contributed by atoms with Crippen LogP contribution < -0.4 is 5.73 Å². The van der Waals surface area contributed by atoms with Gasteiger partial charge < -0.3 is 10.8 Å². The van der Waals surface area contributed by atoms with E-state index in [0.717, 1.165) is 20.7 Å². The first kappa shape index (κ1) is 11.7. The molecule has 1 unspecified atom stereocenters. The van der Waals surface area contributed by atoms with Crippen LogP contribution >= 0.6 is 27.3 Å². The van der Waals surface area contributed by atoms with Crippen molar-refractivity contribution >= 4 is 27.3 Å². The third-order valence-corrected chi connectivity index (χ3v) is 3.57. The zero-order valence-electron chi connectivity index (χ0n) is 8.43. The lowest BCUT2D eigenvalue weighted by molar-refractivity contribution is 0.266. The molecule has 1 heterocycles. The molecular weight excluding hydrogens is 288 g/mol. The Balaban J connectivity index is 2.31.